The average Bonchev–Trinajstić information content (AvgIpc) is 2.28. The molecule has 4 N–H and O–H groups in total. The van der Waals surface area contributed by atoms with Gasteiger partial charge < -0.3 is 20.4 Å². The van der Waals surface area contributed by atoms with E-state index in [1.54, 1.807) is 0 Å². The lowest BCUT2D eigenvalue weighted by Crippen LogP contribution is -2.55. The van der Waals surface area contributed by atoms with Crippen LogP contribution in [0.3, 0.4) is 0 Å². The van der Waals surface area contributed by atoms with Crippen molar-refractivity contribution in [3.63, 3.8) is 0 Å². The summed E-state index contributed by atoms with van der Waals surface area (Å²) < 4.78 is 0. The molecule has 0 spiro atoms. The zero-order chi connectivity index (χ0) is 14.3. The van der Waals surface area contributed by atoms with Crippen molar-refractivity contribution in [2.24, 2.45) is 5.92 Å². The lowest BCUT2D eigenvalue weighted by molar-refractivity contribution is -0.169. The summed E-state index contributed by atoms with van der Waals surface area (Å²) in [5.41, 5.74) is -2.06. The number of aliphatic hydroxyl groups is 3. The first kappa shape index (κ1) is 16.6. The van der Waals surface area contributed by atoms with Crippen LogP contribution in [-0.4, -0.2) is 44.2 Å². The Morgan fingerprint density at radius 2 is 1.78 bits per heavy atom. The molecule has 0 fully saturated rings. The van der Waals surface area contributed by atoms with E-state index in [0.717, 1.165) is 6.08 Å². The molecule has 4 unspecified atom stereocenters. The van der Waals surface area contributed by atoms with Gasteiger partial charge in [0.25, 0.3) is 0 Å². The molecule has 18 heavy (non-hydrogen) atoms. The van der Waals surface area contributed by atoms with Crippen LogP contribution in [0.25, 0.3) is 0 Å². The molecule has 0 bridgehead atoms. The first-order valence-corrected chi connectivity index (χ1v) is 5.50. The fraction of sp³-hybridized carbons (Fsp3) is 0.462. The van der Waals surface area contributed by atoms with Gasteiger partial charge >= 0.3 is 5.97 Å². The van der Waals surface area contributed by atoms with E-state index >= 15 is 0 Å². The van der Waals surface area contributed by atoms with Crippen LogP contribution in [-0.2, 0) is 4.79 Å². The second kappa shape index (κ2) is 7.10. The number of aliphatic hydroxyl groups excluding tert-OH is 2. The van der Waals surface area contributed by atoms with Gasteiger partial charge in [0.1, 0.15) is 17.6 Å². The van der Waals surface area contributed by atoms with Crippen molar-refractivity contribution in [3.8, 4) is 0 Å². The van der Waals surface area contributed by atoms with Gasteiger partial charge in [-0.1, -0.05) is 18.2 Å². The fourth-order valence-corrected chi connectivity index (χ4v) is 1.81. The van der Waals surface area contributed by atoms with E-state index in [4.69, 9.17) is 5.11 Å². The Kier molecular flexibility index (Phi) is 6.54. The lowest BCUT2D eigenvalue weighted by atomic mass is 9.77. The smallest absolute Gasteiger partial charge is 0.313 e. The van der Waals surface area contributed by atoms with E-state index in [1.807, 2.05) is 0 Å². The van der Waals surface area contributed by atoms with E-state index in [2.05, 4.69) is 19.7 Å². The van der Waals surface area contributed by atoms with Gasteiger partial charge in [-0.25, -0.2) is 0 Å². The third kappa shape index (κ3) is 3.53. The first-order valence-electron chi connectivity index (χ1n) is 5.50. The second-order valence-corrected chi connectivity index (χ2v) is 4.07. The Morgan fingerprint density at radius 1 is 1.22 bits per heavy atom. The van der Waals surface area contributed by atoms with E-state index in [1.165, 1.54) is 12.2 Å². The van der Waals surface area contributed by atoms with E-state index in [9.17, 15) is 20.1 Å². The van der Waals surface area contributed by atoms with Crippen LogP contribution in [0.2, 0.25) is 0 Å². The molecule has 102 valence electrons. The summed E-state index contributed by atoms with van der Waals surface area (Å²) in [5, 5.41) is 39.0. The van der Waals surface area contributed by atoms with Crippen LogP contribution < -0.4 is 0 Å². The minimum absolute atomic E-state index is 0.0318. The quantitative estimate of drug-likeness (QED) is 0.450. The molecular formula is C13H20O5. The molecule has 0 saturated heterocycles. The lowest BCUT2D eigenvalue weighted by Gasteiger charge is -2.37. The predicted molar refractivity (Wildman–Crippen MR) is 67.9 cm³/mol. The fourth-order valence-electron chi connectivity index (χ4n) is 1.81. The Balaban J connectivity index is 5.34. The van der Waals surface area contributed by atoms with Gasteiger partial charge in [0.05, 0.1) is 6.10 Å². The molecule has 0 aliphatic carbocycles. The second-order valence-electron chi connectivity index (χ2n) is 4.07. The van der Waals surface area contributed by atoms with Gasteiger partial charge in [-0.3, -0.25) is 4.79 Å². The molecule has 0 radical (unpaired) electrons. The van der Waals surface area contributed by atoms with Crippen LogP contribution in [0.1, 0.15) is 12.8 Å². The van der Waals surface area contributed by atoms with E-state index in [-0.39, 0.29) is 12.8 Å². The molecule has 0 aromatic rings. The predicted octanol–water partition coefficient (Wildman–Crippen LogP) is 0.478. The Bertz CT molecular complexity index is 325. The molecular weight excluding hydrogens is 236 g/mol. The summed E-state index contributed by atoms with van der Waals surface area (Å²) in [6.07, 6.45) is 0.558. The van der Waals surface area contributed by atoms with Crippen LogP contribution in [0, 0.1) is 5.92 Å². The van der Waals surface area contributed by atoms with Gasteiger partial charge in [0, 0.05) is 0 Å². The number of carbonyl (C=O) groups is 1. The highest BCUT2D eigenvalue weighted by Crippen LogP contribution is 2.30. The standard InChI is InChI=1S/C13H20O5/c1-4-7-10(14)11(15)13(18,8-5-2)9(6-3)12(16)17/h4-6,9-11,14-15,18H,1-3,7-8H2,(H,16,17). The minimum atomic E-state index is -2.06. The van der Waals surface area contributed by atoms with Crippen LogP contribution in [0.15, 0.2) is 38.0 Å². The first-order chi connectivity index (χ1) is 8.34. The van der Waals surface area contributed by atoms with Crippen LogP contribution in [0.4, 0.5) is 0 Å². The van der Waals surface area contributed by atoms with Gasteiger partial charge in [-0.15, -0.1) is 19.7 Å². The highest BCUT2D eigenvalue weighted by molar-refractivity contribution is 5.74. The summed E-state index contributed by atoms with van der Waals surface area (Å²) in [6.45, 7) is 10.1. The number of carboxylic acids is 1. The number of hydrogen-bond donors (Lipinski definition) is 4. The maximum Gasteiger partial charge on any atom is 0.313 e. The summed E-state index contributed by atoms with van der Waals surface area (Å²) in [6, 6.07) is 0. The van der Waals surface area contributed by atoms with Crippen molar-refractivity contribution >= 4 is 5.97 Å². The van der Waals surface area contributed by atoms with E-state index < -0.39 is 29.7 Å². The van der Waals surface area contributed by atoms with Gasteiger partial charge in [-0.2, -0.15) is 0 Å². The molecule has 0 aliphatic rings. The summed E-state index contributed by atoms with van der Waals surface area (Å²) >= 11 is 0. The van der Waals surface area contributed by atoms with Gasteiger partial charge in [0.15, 0.2) is 0 Å². The van der Waals surface area contributed by atoms with Crippen molar-refractivity contribution in [1.82, 2.24) is 0 Å². The topological polar surface area (TPSA) is 98.0 Å². The Morgan fingerprint density at radius 3 is 2.11 bits per heavy atom. The molecule has 5 heteroatoms. The summed E-state index contributed by atoms with van der Waals surface area (Å²) in [4.78, 5) is 11.1. The molecule has 0 aliphatic heterocycles. The summed E-state index contributed by atoms with van der Waals surface area (Å²) in [7, 11) is 0. The molecule has 0 amide bonds. The van der Waals surface area contributed by atoms with Crippen molar-refractivity contribution in [2.75, 3.05) is 0 Å². The largest absolute Gasteiger partial charge is 0.481 e. The molecule has 0 aromatic heterocycles. The average molecular weight is 256 g/mol. The molecule has 0 heterocycles. The summed E-state index contributed by atoms with van der Waals surface area (Å²) in [5.74, 6) is -2.75. The molecule has 5 nitrogen and oxygen atoms in total. The van der Waals surface area contributed by atoms with Crippen molar-refractivity contribution < 1.29 is 25.2 Å². The maximum absolute atomic E-state index is 11.1. The van der Waals surface area contributed by atoms with Crippen LogP contribution in [0.5, 0.6) is 0 Å². The molecule has 0 saturated carbocycles. The number of aliphatic carboxylic acids is 1. The molecule has 0 rings (SSSR count). The van der Waals surface area contributed by atoms with Gasteiger partial charge in [0.2, 0.25) is 0 Å². The maximum atomic E-state index is 11.1. The van der Waals surface area contributed by atoms with Crippen molar-refractivity contribution in [1.29, 1.82) is 0 Å². The zero-order valence-corrected chi connectivity index (χ0v) is 10.2. The number of hydrogen-bond acceptors (Lipinski definition) is 4. The van der Waals surface area contributed by atoms with Crippen LogP contribution >= 0.6 is 0 Å². The number of carboxylic acid groups (broad SMARTS) is 1. The molecule has 4 atom stereocenters. The molecule has 0 aromatic carbocycles. The highest BCUT2D eigenvalue weighted by atomic mass is 16.4. The normalized spacial score (nSPS) is 19.1. The Labute approximate surface area is 106 Å². The number of rotatable bonds is 9. The Hall–Kier alpha value is -1.43. The van der Waals surface area contributed by atoms with Crippen molar-refractivity contribution in [3.05, 3.63) is 38.0 Å². The van der Waals surface area contributed by atoms with Gasteiger partial charge in [-0.05, 0) is 12.8 Å². The highest BCUT2D eigenvalue weighted by Gasteiger charge is 2.47. The monoisotopic (exact) mass is 256 g/mol. The minimum Gasteiger partial charge on any atom is -0.481 e. The SMILES string of the molecule is C=CCC(O)C(O)C(O)(CC=C)C(C=C)C(=O)O. The van der Waals surface area contributed by atoms with E-state index in [0.29, 0.717) is 0 Å². The third-order valence-corrected chi connectivity index (χ3v) is 2.80. The van der Waals surface area contributed by atoms with Crippen molar-refractivity contribution in [2.45, 2.75) is 30.7 Å². The third-order valence-electron chi connectivity index (χ3n) is 2.80. The zero-order valence-electron chi connectivity index (χ0n) is 10.2.